The maximum atomic E-state index is 11.7. The van der Waals surface area contributed by atoms with Gasteiger partial charge in [-0.25, -0.2) is 0 Å². The van der Waals surface area contributed by atoms with E-state index in [2.05, 4.69) is 10.6 Å². The quantitative estimate of drug-likeness (QED) is 0.366. The molecule has 0 fully saturated rings. The van der Waals surface area contributed by atoms with Gasteiger partial charge >= 0.3 is 0 Å². The Morgan fingerprint density at radius 3 is 2.52 bits per heavy atom. The number of rotatable bonds is 11. The second kappa shape index (κ2) is 11.8. The normalized spacial score (nSPS) is 10.7. The van der Waals surface area contributed by atoms with Gasteiger partial charge in [-0.2, -0.15) is 5.26 Å². The van der Waals surface area contributed by atoms with Crippen LogP contribution in [0.25, 0.3) is 0 Å². The fourth-order valence-electron chi connectivity index (χ4n) is 2.12. The highest BCUT2D eigenvalue weighted by molar-refractivity contribution is 5.97. The Bertz CT molecular complexity index is 621. The van der Waals surface area contributed by atoms with Gasteiger partial charge in [0, 0.05) is 19.3 Å². The molecule has 0 saturated carbocycles. The van der Waals surface area contributed by atoms with E-state index in [0.29, 0.717) is 26.3 Å². The molecule has 0 aliphatic carbocycles. The van der Waals surface area contributed by atoms with Crippen LogP contribution in [0.15, 0.2) is 30.0 Å². The third-order valence-corrected chi connectivity index (χ3v) is 3.31. The Morgan fingerprint density at radius 1 is 1.16 bits per heavy atom. The lowest BCUT2D eigenvalue weighted by Crippen LogP contribution is -2.26. The lowest BCUT2D eigenvalue weighted by molar-refractivity contribution is -0.117. The van der Waals surface area contributed by atoms with Gasteiger partial charge in [0.1, 0.15) is 11.6 Å². The molecule has 0 atom stereocenters. The zero-order valence-electron chi connectivity index (χ0n) is 15.2. The zero-order chi connectivity index (χ0) is 18.5. The molecular weight excluding hydrogens is 318 g/mol. The van der Waals surface area contributed by atoms with Crippen LogP contribution < -0.4 is 20.1 Å². The Morgan fingerprint density at radius 2 is 1.88 bits per heavy atom. The standard InChI is InChI=1S/C19H27N3O3/c1-4-10-22-19(23)16(13-20)14-21-11-9-15-7-8-17(24-5-2)18(12-15)25-6-3/h7-8,12,14,21H,4-6,9-11H2,1-3H3,(H,22,23)/b16-14-. The first kappa shape index (κ1) is 20.4. The van der Waals surface area contributed by atoms with E-state index in [1.807, 2.05) is 45.0 Å². The summed E-state index contributed by atoms with van der Waals surface area (Å²) in [6.45, 7) is 8.15. The summed E-state index contributed by atoms with van der Waals surface area (Å²) in [7, 11) is 0. The van der Waals surface area contributed by atoms with Crippen molar-refractivity contribution in [2.75, 3.05) is 26.3 Å². The predicted octanol–water partition coefficient (Wildman–Crippen LogP) is 2.55. The number of amides is 1. The summed E-state index contributed by atoms with van der Waals surface area (Å²) in [6, 6.07) is 7.75. The van der Waals surface area contributed by atoms with Crippen LogP contribution in [0.1, 0.15) is 32.8 Å². The molecule has 136 valence electrons. The van der Waals surface area contributed by atoms with Crippen molar-refractivity contribution in [3.8, 4) is 17.6 Å². The molecule has 0 aliphatic heterocycles. The second-order valence-electron chi connectivity index (χ2n) is 5.28. The SMILES string of the molecule is CCCNC(=O)/C(C#N)=C\NCCc1ccc(OCC)c(OCC)c1. The Hall–Kier alpha value is -2.68. The summed E-state index contributed by atoms with van der Waals surface area (Å²) in [5.41, 5.74) is 1.16. The molecular formula is C19H27N3O3. The molecule has 6 heteroatoms. The number of ether oxygens (including phenoxy) is 2. The number of carbonyl (C=O) groups excluding carboxylic acids is 1. The average Bonchev–Trinajstić information content (AvgIpc) is 2.62. The van der Waals surface area contributed by atoms with Gasteiger partial charge in [0.25, 0.3) is 5.91 Å². The van der Waals surface area contributed by atoms with Gasteiger partial charge < -0.3 is 20.1 Å². The first-order chi connectivity index (χ1) is 12.2. The minimum atomic E-state index is -0.350. The van der Waals surface area contributed by atoms with E-state index in [1.165, 1.54) is 6.20 Å². The highest BCUT2D eigenvalue weighted by Gasteiger charge is 2.08. The Balaban J connectivity index is 2.60. The van der Waals surface area contributed by atoms with E-state index in [0.717, 1.165) is 29.9 Å². The summed E-state index contributed by atoms with van der Waals surface area (Å²) in [6.07, 6.45) is 3.03. The molecule has 1 rings (SSSR count). The number of nitrogens with zero attached hydrogens (tertiary/aromatic N) is 1. The molecule has 0 radical (unpaired) electrons. The van der Waals surface area contributed by atoms with Crippen LogP contribution in [0.5, 0.6) is 11.5 Å². The lowest BCUT2D eigenvalue weighted by atomic mass is 10.1. The van der Waals surface area contributed by atoms with Crippen LogP contribution >= 0.6 is 0 Å². The van der Waals surface area contributed by atoms with Crippen LogP contribution in [-0.2, 0) is 11.2 Å². The van der Waals surface area contributed by atoms with Crippen molar-refractivity contribution in [1.82, 2.24) is 10.6 Å². The summed E-state index contributed by atoms with van der Waals surface area (Å²) in [5.74, 6) is 1.12. The number of benzene rings is 1. The molecule has 6 nitrogen and oxygen atoms in total. The molecule has 0 saturated heterocycles. The number of carbonyl (C=O) groups is 1. The van der Waals surface area contributed by atoms with Gasteiger partial charge in [-0.3, -0.25) is 4.79 Å². The van der Waals surface area contributed by atoms with E-state index in [9.17, 15) is 4.79 Å². The van der Waals surface area contributed by atoms with E-state index in [4.69, 9.17) is 14.7 Å². The molecule has 2 N–H and O–H groups in total. The molecule has 1 aromatic carbocycles. The van der Waals surface area contributed by atoms with Crippen LogP contribution in [-0.4, -0.2) is 32.2 Å². The molecule has 0 bridgehead atoms. The molecule has 25 heavy (non-hydrogen) atoms. The molecule has 0 unspecified atom stereocenters. The molecule has 0 aliphatic rings. The lowest BCUT2D eigenvalue weighted by Gasteiger charge is -2.12. The summed E-state index contributed by atoms with van der Waals surface area (Å²) in [5, 5.41) is 14.7. The molecule has 1 amide bonds. The molecule has 0 heterocycles. The van der Waals surface area contributed by atoms with Crippen LogP contribution in [0.4, 0.5) is 0 Å². The number of nitriles is 1. The summed E-state index contributed by atoms with van der Waals surface area (Å²) in [4.78, 5) is 11.7. The highest BCUT2D eigenvalue weighted by atomic mass is 16.5. The third kappa shape index (κ3) is 7.17. The zero-order valence-corrected chi connectivity index (χ0v) is 15.2. The number of nitrogens with one attached hydrogen (secondary N) is 2. The third-order valence-electron chi connectivity index (χ3n) is 3.31. The van der Waals surface area contributed by atoms with Gasteiger partial charge in [0.05, 0.1) is 13.2 Å². The van der Waals surface area contributed by atoms with Gasteiger partial charge in [-0.05, 0) is 44.4 Å². The van der Waals surface area contributed by atoms with Crippen molar-refractivity contribution in [2.24, 2.45) is 0 Å². The van der Waals surface area contributed by atoms with Crippen LogP contribution in [0.3, 0.4) is 0 Å². The number of hydrogen-bond donors (Lipinski definition) is 2. The first-order valence-electron chi connectivity index (χ1n) is 8.66. The maximum absolute atomic E-state index is 11.7. The van der Waals surface area contributed by atoms with E-state index < -0.39 is 0 Å². The molecule has 1 aromatic rings. The fourth-order valence-corrected chi connectivity index (χ4v) is 2.12. The van der Waals surface area contributed by atoms with Crippen molar-refractivity contribution in [1.29, 1.82) is 5.26 Å². The average molecular weight is 345 g/mol. The van der Waals surface area contributed by atoms with E-state index >= 15 is 0 Å². The predicted molar refractivity (Wildman–Crippen MR) is 97.5 cm³/mol. The van der Waals surface area contributed by atoms with Crippen molar-refractivity contribution in [2.45, 2.75) is 33.6 Å². The van der Waals surface area contributed by atoms with Crippen molar-refractivity contribution < 1.29 is 14.3 Å². The molecule has 0 spiro atoms. The van der Waals surface area contributed by atoms with Crippen LogP contribution in [0, 0.1) is 11.3 Å². The summed E-state index contributed by atoms with van der Waals surface area (Å²) < 4.78 is 11.2. The van der Waals surface area contributed by atoms with Gasteiger partial charge in [-0.1, -0.05) is 13.0 Å². The van der Waals surface area contributed by atoms with Crippen molar-refractivity contribution in [3.05, 3.63) is 35.5 Å². The summed E-state index contributed by atoms with van der Waals surface area (Å²) >= 11 is 0. The van der Waals surface area contributed by atoms with Gasteiger partial charge in [0.15, 0.2) is 11.5 Å². The van der Waals surface area contributed by atoms with E-state index in [-0.39, 0.29) is 11.5 Å². The minimum absolute atomic E-state index is 0.0788. The highest BCUT2D eigenvalue weighted by Crippen LogP contribution is 2.28. The minimum Gasteiger partial charge on any atom is -0.490 e. The largest absolute Gasteiger partial charge is 0.490 e. The Kier molecular flexibility index (Phi) is 9.61. The maximum Gasteiger partial charge on any atom is 0.263 e. The van der Waals surface area contributed by atoms with E-state index in [1.54, 1.807) is 0 Å². The van der Waals surface area contributed by atoms with Crippen molar-refractivity contribution in [3.63, 3.8) is 0 Å². The molecule has 0 aromatic heterocycles. The first-order valence-corrected chi connectivity index (χ1v) is 8.66. The van der Waals surface area contributed by atoms with Crippen LogP contribution in [0.2, 0.25) is 0 Å². The smallest absolute Gasteiger partial charge is 0.263 e. The topological polar surface area (TPSA) is 83.4 Å². The Labute approximate surface area is 149 Å². The monoisotopic (exact) mass is 345 g/mol. The van der Waals surface area contributed by atoms with Crippen molar-refractivity contribution >= 4 is 5.91 Å². The van der Waals surface area contributed by atoms with Gasteiger partial charge in [-0.15, -0.1) is 0 Å². The fraction of sp³-hybridized carbons (Fsp3) is 0.474. The van der Waals surface area contributed by atoms with Gasteiger partial charge in [0.2, 0.25) is 0 Å². The number of hydrogen-bond acceptors (Lipinski definition) is 5. The second-order valence-corrected chi connectivity index (χ2v) is 5.28.